The molecule has 1 heterocycles. The molecule has 0 aliphatic carbocycles. The highest BCUT2D eigenvalue weighted by Crippen LogP contribution is 2.36. The summed E-state index contributed by atoms with van der Waals surface area (Å²) in [7, 11) is 1.33. The number of alkyl halides is 1. The van der Waals surface area contributed by atoms with E-state index < -0.39 is 13.7 Å². The van der Waals surface area contributed by atoms with Crippen LogP contribution >= 0.6 is 11.3 Å². The molecule has 6 heteroatoms. The van der Waals surface area contributed by atoms with Gasteiger partial charge in [0.15, 0.2) is 0 Å². The molecule has 1 N–H and O–H groups in total. The van der Waals surface area contributed by atoms with Gasteiger partial charge in [0.05, 0.1) is 0 Å². The fourth-order valence-electron chi connectivity index (χ4n) is 2.48. The maximum atomic E-state index is 12.2. The number of hydrogen-bond acceptors (Lipinski definition) is 4. The topological polar surface area (TPSA) is 32.7 Å². The number of hydrogen-bond donors (Lipinski definition) is 1. The zero-order valence-electron chi connectivity index (χ0n) is 13.7. The molecule has 0 aliphatic heterocycles. The number of fused-ring (bicyclic) bond motifs is 1. The van der Waals surface area contributed by atoms with Crippen LogP contribution in [0.2, 0.25) is 6.82 Å². The van der Waals surface area contributed by atoms with Crippen LogP contribution in [0.15, 0.2) is 48.5 Å². The van der Waals surface area contributed by atoms with Gasteiger partial charge in [0, 0.05) is 15.3 Å². The van der Waals surface area contributed by atoms with E-state index >= 15 is 0 Å². The Labute approximate surface area is 145 Å². The first-order valence-electron chi connectivity index (χ1n) is 7.82. The zero-order chi connectivity index (χ0) is 17.1. The molecule has 0 saturated heterocycles. The fourth-order valence-corrected chi connectivity index (χ4v) is 3.57. The largest absolute Gasteiger partial charge is 0.491 e. The van der Waals surface area contributed by atoms with Crippen molar-refractivity contribution in [2.75, 3.05) is 25.1 Å². The first kappa shape index (κ1) is 16.8. The summed E-state index contributed by atoms with van der Waals surface area (Å²) in [4.78, 5) is 2.97. The molecule has 24 heavy (non-hydrogen) atoms. The van der Waals surface area contributed by atoms with Crippen molar-refractivity contribution in [3.63, 3.8) is 0 Å². The number of halogens is 1. The molecule has 3 aromatic rings. The van der Waals surface area contributed by atoms with Gasteiger partial charge < -0.3 is 14.6 Å². The Balaban J connectivity index is 1.86. The molecule has 1 aromatic heterocycles. The summed E-state index contributed by atoms with van der Waals surface area (Å²) in [5.41, 5.74) is 2.10. The van der Waals surface area contributed by atoms with Crippen LogP contribution in [0.4, 0.5) is 10.1 Å². The van der Waals surface area contributed by atoms with Crippen molar-refractivity contribution in [3.8, 4) is 16.2 Å². The molecular formula is C18H19BFNO2S. The van der Waals surface area contributed by atoms with Gasteiger partial charge in [-0.05, 0) is 61.2 Å². The lowest BCUT2D eigenvalue weighted by molar-refractivity contribution is 0.273. The summed E-state index contributed by atoms with van der Waals surface area (Å²) in [6.07, 6.45) is 0. The first-order valence-corrected chi connectivity index (χ1v) is 8.64. The normalized spacial score (nSPS) is 10.8. The maximum absolute atomic E-state index is 12.2. The molecule has 0 unspecified atom stereocenters. The summed E-state index contributed by atoms with van der Waals surface area (Å²) >= 11 is 1.68. The van der Waals surface area contributed by atoms with Crippen molar-refractivity contribution in [3.05, 3.63) is 48.5 Å². The average molecular weight is 342 g/mol. The highest BCUT2D eigenvalue weighted by molar-refractivity contribution is 7.22. The summed E-state index contributed by atoms with van der Waals surface area (Å²) in [6, 6.07) is 16.1. The van der Waals surface area contributed by atoms with E-state index in [2.05, 4.69) is 18.2 Å². The maximum Gasteiger partial charge on any atom is 0.409 e. The SMILES string of the molecule is CB(O)N(C)c1ccc(-c2cc3ccc(OCC[18F])cc3s2)cc1. The van der Waals surface area contributed by atoms with Crippen molar-refractivity contribution in [2.45, 2.75) is 6.82 Å². The molecule has 124 valence electrons. The number of rotatable bonds is 6. The summed E-state index contributed by atoms with van der Waals surface area (Å²) in [6.45, 7) is 1.34. The third-order valence-electron chi connectivity index (χ3n) is 3.96. The smallest absolute Gasteiger partial charge is 0.409 e. The van der Waals surface area contributed by atoms with Gasteiger partial charge in [-0.25, -0.2) is 4.39 Å². The van der Waals surface area contributed by atoms with Crippen LogP contribution in [0.5, 0.6) is 5.75 Å². The molecule has 0 spiro atoms. The minimum Gasteiger partial charge on any atom is -0.491 e. The van der Waals surface area contributed by atoms with Crippen molar-refractivity contribution in [1.82, 2.24) is 0 Å². The number of nitrogens with zero attached hydrogens (tertiary/aromatic N) is 1. The fraction of sp³-hybridized carbons (Fsp3) is 0.222. The third kappa shape index (κ3) is 3.55. The molecule has 0 radical (unpaired) electrons. The predicted octanol–water partition coefficient (Wildman–Crippen LogP) is 4.46. The molecule has 3 rings (SSSR count). The number of anilines is 1. The average Bonchev–Trinajstić information content (AvgIpc) is 3.02. The van der Waals surface area contributed by atoms with E-state index in [-0.39, 0.29) is 6.61 Å². The van der Waals surface area contributed by atoms with Gasteiger partial charge >= 0.3 is 7.05 Å². The monoisotopic (exact) mass is 342 g/mol. The lowest BCUT2D eigenvalue weighted by Crippen LogP contribution is -2.32. The molecule has 0 atom stereocenters. The van der Waals surface area contributed by atoms with Crippen LogP contribution in [-0.2, 0) is 0 Å². The van der Waals surface area contributed by atoms with E-state index in [0.29, 0.717) is 5.75 Å². The van der Waals surface area contributed by atoms with E-state index in [1.807, 2.05) is 42.2 Å². The van der Waals surface area contributed by atoms with Crippen LogP contribution in [-0.4, -0.2) is 32.4 Å². The van der Waals surface area contributed by atoms with E-state index in [1.54, 1.807) is 18.2 Å². The van der Waals surface area contributed by atoms with Crippen LogP contribution in [0.1, 0.15) is 0 Å². The van der Waals surface area contributed by atoms with Crippen molar-refractivity contribution in [2.24, 2.45) is 0 Å². The Hall–Kier alpha value is -2.05. The quantitative estimate of drug-likeness (QED) is 0.671. The summed E-state index contributed by atoms with van der Waals surface area (Å²) < 4.78 is 18.7. The Morgan fingerprint density at radius 1 is 1.17 bits per heavy atom. The van der Waals surface area contributed by atoms with Gasteiger partial charge in [0.1, 0.15) is 19.0 Å². The lowest BCUT2D eigenvalue weighted by atomic mass is 9.85. The molecular weight excluding hydrogens is 323 g/mol. The first-order chi connectivity index (χ1) is 11.6. The van der Waals surface area contributed by atoms with Gasteiger partial charge in [0.2, 0.25) is 0 Å². The molecule has 0 fully saturated rings. The van der Waals surface area contributed by atoms with Crippen LogP contribution in [0.25, 0.3) is 20.5 Å². The van der Waals surface area contributed by atoms with Crippen LogP contribution in [0, 0.1) is 0 Å². The second-order valence-electron chi connectivity index (χ2n) is 5.64. The number of benzene rings is 2. The molecule has 3 nitrogen and oxygen atoms in total. The Kier molecular flexibility index (Phi) is 5.07. The van der Waals surface area contributed by atoms with Gasteiger partial charge in [-0.1, -0.05) is 12.1 Å². The van der Waals surface area contributed by atoms with E-state index in [1.165, 1.54) is 4.88 Å². The van der Waals surface area contributed by atoms with E-state index in [4.69, 9.17) is 4.74 Å². The van der Waals surface area contributed by atoms with E-state index in [0.717, 1.165) is 21.3 Å². The lowest BCUT2D eigenvalue weighted by Gasteiger charge is -2.19. The van der Waals surface area contributed by atoms with Crippen LogP contribution in [0.3, 0.4) is 0 Å². The highest BCUT2D eigenvalue weighted by atomic mass is 32.1. The summed E-state index contributed by atoms with van der Waals surface area (Å²) in [5.74, 6) is 0.697. The standard InChI is InChI=1S/C18H19BFNO2S/c1-19(22)21(2)15-6-3-13(4-7-15)17-11-14-5-8-16(23-10-9-20)12-18(14)24-17/h3-8,11-12,22H,9-10H2,1-2H3/i20-1. The second-order valence-corrected chi connectivity index (χ2v) is 6.72. The highest BCUT2D eigenvalue weighted by Gasteiger charge is 2.12. The van der Waals surface area contributed by atoms with Crippen molar-refractivity contribution < 1.29 is 14.2 Å². The number of ether oxygens (including phenoxy) is 1. The van der Waals surface area contributed by atoms with Gasteiger partial charge in [-0.3, -0.25) is 0 Å². The second kappa shape index (κ2) is 7.24. The Bertz CT molecular complexity index is 820. The van der Waals surface area contributed by atoms with Gasteiger partial charge in [-0.2, -0.15) is 0 Å². The molecule has 0 bridgehead atoms. The Morgan fingerprint density at radius 3 is 2.58 bits per heavy atom. The van der Waals surface area contributed by atoms with Crippen molar-refractivity contribution >= 4 is 34.2 Å². The minimum atomic E-state index is -0.525. The summed E-state index contributed by atoms with van der Waals surface area (Å²) in [5, 5.41) is 10.8. The van der Waals surface area contributed by atoms with Gasteiger partial charge in [0.25, 0.3) is 0 Å². The molecule has 0 saturated carbocycles. The Morgan fingerprint density at radius 2 is 1.92 bits per heavy atom. The van der Waals surface area contributed by atoms with E-state index in [9.17, 15) is 9.41 Å². The van der Waals surface area contributed by atoms with Crippen LogP contribution < -0.4 is 9.55 Å². The molecule has 2 aromatic carbocycles. The minimum absolute atomic E-state index is 0.0853. The van der Waals surface area contributed by atoms with Gasteiger partial charge in [-0.15, -0.1) is 11.3 Å². The number of thiophene rings is 1. The molecule has 0 aliphatic rings. The van der Waals surface area contributed by atoms with Crippen molar-refractivity contribution in [1.29, 1.82) is 0 Å². The third-order valence-corrected chi connectivity index (χ3v) is 5.10. The predicted molar refractivity (Wildman–Crippen MR) is 101 cm³/mol. The zero-order valence-corrected chi connectivity index (χ0v) is 14.5. The molecule has 0 amide bonds.